The average molecular weight is 314 g/mol. The van der Waals surface area contributed by atoms with Crippen LogP contribution in [0.4, 0.5) is 5.69 Å². The van der Waals surface area contributed by atoms with Gasteiger partial charge in [0.05, 0.1) is 10.6 Å². The van der Waals surface area contributed by atoms with Crippen molar-refractivity contribution in [1.82, 2.24) is 4.98 Å². The predicted molar refractivity (Wildman–Crippen MR) is 92.8 cm³/mol. The lowest BCUT2D eigenvalue weighted by Crippen LogP contribution is -2.49. The van der Waals surface area contributed by atoms with Gasteiger partial charge in [-0.15, -0.1) is 11.3 Å². The summed E-state index contributed by atoms with van der Waals surface area (Å²) in [5.41, 5.74) is 2.15. The number of hydrogen-bond donors (Lipinski definition) is 0. The Labute approximate surface area is 136 Å². The van der Waals surface area contributed by atoms with Gasteiger partial charge in [0.15, 0.2) is 5.78 Å². The standard InChI is InChI=1S/C18H22N2OS/c1-4-5-10-20-14-11-16(13-6-8-19-9-7-13)22-17(14)15(21)12-18(20,2)3/h6-9,11H,4-5,10,12H2,1-3H3. The summed E-state index contributed by atoms with van der Waals surface area (Å²) in [7, 11) is 0. The van der Waals surface area contributed by atoms with Crippen molar-refractivity contribution in [3.05, 3.63) is 35.5 Å². The molecule has 116 valence electrons. The normalized spacial score (nSPS) is 16.7. The summed E-state index contributed by atoms with van der Waals surface area (Å²) in [4.78, 5) is 21.1. The average Bonchev–Trinajstić information content (AvgIpc) is 2.92. The third-order valence-corrected chi connectivity index (χ3v) is 5.49. The van der Waals surface area contributed by atoms with E-state index >= 15 is 0 Å². The number of aromatic nitrogens is 1. The molecule has 3 nitrogen and oxygen atoms in total. The molecule has 0 spiro atoms. The summed E-state index contributed by atoms with van der Waals surface area (Å²) in [6, 6.07) is 6.19. The van der Waals surface area contributed by atoms with Crippen LogP contribution < -0.4 is 4.90 Å². The minimum atomic E-state index is -0.101. The van der Waals surface area contributed by atoms with Crippen molar-refractivity contribution < 1.29 is 4.79 Å². The van der Waals surface area contributed by atoms with Crippen LogP contribution in [0.1, 0.15) is 49.7 Å². The van der Waals surface area contributed by atoms with Crippen LogP contribution in [0.3, 0.4) is 0 Å². The topological polar surface area (TPSA) is 33.2 Å². The van der Waals surface area contributed by atoms with Crippen molar-refractivity contribution in [2.45, 2.75) is 45.6 Å². The number of fused-ring (bicyclic) bond motifs is 1. The van der Waals surface area contributed by atoms with E-state index in [2.05, 4.69) is 36.7 Å². The van der Waals surface area contributed by atoms with E-state index < -0.39 is 0 Å². The smallest absolute Gasteiger partial charge is 0.177 e. The van der Waals surface area contributed by atoms with Crippen molar-refractivity contribution in [2.75, 3.05) is 11.4 Å². The molecule has 3 heterocycles. The van der Waals surface area contributed by atoms with Gasteiger partial charge in [-0.05, 0) is 44.0 Å². The zero-order chi connectivity index (χ0) is 15.7. The molecule has 2 aromatic heterocycles. The summed E-state index contributed by atoms with van der Waals surface area (Å²) in [6.45, 7) is 7.57. The number of carbonyl (C=O) groups excluding carboxylic acids is 1. The molecule has 2 aromatic rings. The lowest BCUT2D eigenvalue weighted by Gasteiger charge is -2.43. The van der Waals surface area contributed by atoms with E-state index in [-0.39, 0.29) is 11.3 Å². The second kappa shape index (κ2) is 5.84. The summed E-state index contributed by atoms with van der Waals surface area (Å²) < 4.78 is 0. The van der Waals surface area contributed by atoms with Crippen LogP contribution >= 0.6 is 11.3 Å². The van der Waals surface area contributed by atoms with E-state index in [1.165, 1.54) is 0 Å². The van der Waals surface area contributed by atoms with Crippen LogP contribution in [0.5, 0.6) is 0 Å². The highest BCUT2D eigenvalue weighted by Gasteiger charge is 2.38. The zero-order valence-corrected chi connectivity index (χ0v) is 14.2. The number of ketones is 1. The SMILES string of the molecule is CCCCN1c2cc(-c3ccncc3)sc2C(=O)CC1(C)C. The summed E-state index contributed by atoms with van der Waals surface area (Å²) in [6.07, 6.45) is 6.51. The largest absolute Gasteiger partial charge is 0.365 e. The number of nitrogens with zero attached hydrogens (tertiary/aromatic N) is 2. The van der Waals surface area contributed by atoms with Crippen molar-refractivity contribution in [3.63, 3.8) is 0 Å². The summed E-state index contributed by atoms with van der Waals surface area (Å²) in [5, 5.41) is 0. The first kappa shape index (κ1) is 15.2. The second-order valence-corrected chi connectivity index (χ2v) is 7.53. The monoisotopic (exact) mass is 314 g/mol. The van der Waals surface area contributed by atoms with Gasteiger partial charge in [-0.3, -0.25) is 9.78 Å². The molecule has 0 bridgehead atoms. The minimum Gasteiger partial charge on any atom is -0.365 e. The van der Waals surface area contributed by atoms with Crippen molar-refractivity contribution in [2.24, 2.45) is 0 Å². The molecular weight excluding hydrogens is 292 g/mol. The van der Waals surface area contributed by atoms with Gasteiger partial charge in [0, 0.05) is 35.8 Å². The molecule has 0 fully saturated rings. The molecule has 0 N–H and O–H groups in total. The number of thiophene rings is 1. The molecule has 3 rings (SSSR count). The maximum Gasteiger partial charge on any atom is 0.177 e. The van der Waals surface area contributed by atoms with Crippen LogP contribution in [-0.4, -0.2) is 22.9 Å². The highest BCUT2D eigenvalue weighted by molar-refractivity contribution is 7.18. The number of rotatable bonds is 4. The minimum absolute atomic E-state index is 0.101. The molecule has 0 aromatic carbocycles. The van der Waals surface area contributed by atoms with E-state index in [1.807, 2.05) is 12.1 Å². The van der Waals surface area contributed by atoms with Crippen LogP contribution in [0.2, 0.25) is 0 Å². The molecule has 22 heavy (non-hydrogen) atoms. The van der Waals surface area contributed by atoms with Crippen molar-refractivity contribution in [3.8, 4) is 10.4 Å². The van der Waals surface area contributed by atoms with Gasteiger partial charge in [-0.2, -0.15) is 0 Å². The number of pyridine rings is 1. The third-order valence-electron chi connectivity index (χ3n) is 4.28. The van der Waals surface area contributed by atoms with E-state index in [9.17, 15) is 4.79 Å². The maximum atomic E-state index is 12.5. The van der Waals surface area contributed by atoms with Crippen LogP contribution in [0.25, 0.3) is 10.4 Å². The molecule has 1 aliphatic rings. The third kappa shape index (κ3) is 2.68. The maximum absolute atomic E-state index is 12.5. The fourth-order valence-electron chi connectivity index (χ4n) is 3.07. The van der Waals surface area contributed by atoms with Gasteiger partial charge in [0.2, 0.25) is 0 Å². The zero-order valence-electron chi connectivity index (χ0n) is 13.4. The Hall–Kier alpha value is -1.68. The Kier molecular flexibility index (Phi) is 4.04. The fourth-order valence-corrected chi connectivity index (χ4v) is 4.18. The summed E-state index contributed by atoms with van der Waals surface area (Å²) in [5.74, 6) is 0.276. The summed E-state index contributed by atoms with van der Waals surface area (Å²) >= 11 is 1.62. The first-order valence-corrected chi connectivity index (χ1v) is 8.69. The Morgan fingerprint density at radius 1 is 1.32 bits per heavy atom. The molecule has 0 saturated carbocycles. The van der Waals surface area contributed by atoms with Crippen molar-refractivity contribution >= 4 is 22.8 Å². The first-order valence-electron chi connectivity index (χ1n) is 7.88. The molecule has 0 saturated heterocycles. The van der Waals surface area contributed by atoms with Crippen molar-refractivity contribution in [1.29, 1.82) is 0 Å². The second-order valence-electron chi connectivity index (χ2n) is 6.48. The first-order chi connectivity index (χ1) is 10.5. The van der Waals surface area contributed by atoms with Gasteiger partial charge in [-0.25, -0.2) is 0 Å². The van der Waals surface area contributed by atoms with Gasteiger partial charge in [0.1, 0.15) is 0 Å². The van der Waals surface area contributed by atoms with Gasteiger partial charge >= 0.3 is 0 Å². The molecule has 0 atom stereocenters. The Bertz CT molecular complexity index is 676. The van der Waals surface area contributed by atoms with E-state index in [1.54, 1.807) is 23.7 Å². The van der Waals surface area contributed by atoms with E-state index in [4.69, 9.17) is 0 Å². The number of carbonyl (C=O) groups is 1. The Morgan fingerprint density at radius 2 is 2.05 bits per heavy atom. The molecular formula is C18H22N2OS. The quantitative estimate of drug-likeness (QED) is 0.814. The highest BCUT2D eigenvalue weighted by Crippen LogP contribution is 2.44. The molecule has 1 aliphatic heterocycles. The number of hydrogen-bond acceptors (Lipinski definition) is 4. The van der Waals surface area contributed by atoms with Crippen LogP contribution in [0, 0.1) is 0 Å². The molecule has 0 aliphatic carbocycles. The lowest BCUT2D eigenvalue weighted by molar-refractivity contribution is 0.0952. The molecule has 0 amide bonds. The lowest BCUT2D eigenvalue weighted by atomic mass is 9.89. The number of Topliss-reactive ketones (excluding diaryl/α,β-unsaturated/α-hetero) is 1. The van der Waals surface area contributed by atoms with Gasteiger partial charge in [-0.1, -0.05) is 13.3 Å². The van der Waals surface area contributed by atoms with Crippen LogP contribution in [-0.2, 0) is 0 Å². The van der Waals surface area contributed by atoms with E-state index in [0.717, 1.165) is 40.4 Å². The van der Waals surface area contributed by atoms with Gasteiger partial charge < -0.3 is 4.90 Å². The molecule has 4 heteroatoms. The number of unbranched alkanes of at least 4 members (excludes halogenated alkanes) is 1. The predicted octanol–water partition coefficient (Wildman–Crippen LogP) is 4.78. The van der Waals surface area contributed by atoms with E-state index in [0.29, 0.717) is 6.42 Å². The molecule has 0 radical (unpaired) electrons. The highest BCUT2D eigenvalue weighted by atomic mass is 32.1. The number of anilines is 1. The molecule has 0 unspecified atom stereocenters. The Balaban J connectivity index is 2.04. The van der Waals surface area contributed by atoms with Gasteiger partial charge in [0.25, 0.3) is 0 Å². The van der Waals surface area contributed by atoms with Crippen LogP contribution in [0.15, 0.2) is 30.6 Å². The fraction of sp³-hybridized carbons (Fsp3) is 0.444. The Morgan fingerprint density at radius 3 is 2.73 bits per heavy atom.